The predicted molar refractivity (Wildman–Crippen MR) is 83.7 cm³/mol. The van der Waals surface area contributed by atoms with Gasteiger partial charge in [0, 0.05) is 11.4 Å². The molecular weight excluding hydrogens is 313 g/mol. The monoisotopic (exact) mass is 325 g/mol. The number of alkyl halides is 1. The minimum Gasteiger partial charge on any atom is -0.455 e. The molecule has 0 radical (unpaired) electrons. The van der Waals surface area contributed by atoms with E-state index in [4.69, 9.17) is 27.9 Å². The fraction of sp³-hybridized carbons (Fsp3) is 0.200. The van der Waals surface area contributed by atoms with Gasteiger partial charge >= 0.3 is 0 Å². The van der Waals surface area contributed by atoms with Crippen LogP contribution in [0.4, 0.5) is 5.69 Å². The number of aryl methyl sites for hydroxylation is 2. The molecule has 0 aliphatic heterocycles. The molecule has 0 fully saturated rings. The van der Waals surface area contributed by atoms with Gasteiger partial charge < -0.3 is 4.74 Å². The van der Waals surface area contributed by atoms with Crippen LogP contribution in [0.1, 0.15) is 16.7 Å². The molecule has 2 aromatic rings. The van der Waals surface area contributed by atoms with E-state index in [0.29, 0.717) is 28.0 Å². The molecule has 0 atom stereocenters. The molecule has 0 saturated heterocycles. The summed E-state index contributed by atoms with van der Waals surface area (Å²) in [5.41, 5.74) is 2.29. The Morgan fingerprint density at radius 3 is 2.43 bits per heavy atom. The summed E-state index contributed by atoms with van der Waals surface area (Å²) < 4.78 is 5.71. The van der Waals surface area contributed by atoms with Crippen molar-refractivity contribution in [3.8, 4) is 11.5 Å². The van der Waals surface area contributed by atoms with Gasteiger partial charge in [0.25, 0.3) is 5.69 Å². The van der Waals surface area contributed by atoms with E-state index < -0.39 is 4.92 Å². The zero-order valence-electron chi connectivity index (χ0n) is 11.5. The van der Waals surface area contributed by atoms with Gasteiger partial charge in [0.15, 0.2) is 0 Å². The van der Waals surface area contributed by atoms with Crippen molar-refractivity contribution in [2.45, 2.75) is 19.7 Å². The van der Waals surface area contributed by atoms with Crippen molar-refractivity contribution in [2.75, 3.05) is 0 Å². The number of hydrogen-bond donors (Lipinski definition) is 0. The zero-order chi connectivity index (χ0) is 15.6. The minimum absolute atomic E-state index is 0.0177. The maximum atomic E-state index is 11.0. The highest BCUT2D eigenvalue weighted by Crippen LogP contribution is 2.35. The molecule has 0 aliphatic carbocycles. The molecule has 6 heteroatoms. The first-order chi connectivity index (χ1) is 9.92. The molecule has 0 saturated carbocycles. The van der Waals surface area contributed by atoms with Crippen LogP contribution in [0.3, 0.4) is 0 Å². The lowest BCUT2D eigenvalue weighted by Gasteiger charge is -2.11. The van der Waals surface area contributed by atoms with Crippen LogP contribution in [0.15, 0.2) is 30.3 Å². The second-order valence-electron chi connectivity index (χ2n) is 4.66. The van der Waals surface area contributed by atoms with E-state index in [1.165, 1.54) is 6.07 Å². The molecule has 0 spiro atoms. The van der Waals surface area contributed by atoms with Crippen LogP contribution in [0.5, 0.6) is 11.5 Å². The van der Waals surface area contributed by atoms with Crippen LogP contribution < -0.4 is 4.74 Å². The first kappa shape index (κ1) is 15.6. The summed E-state index contributed by atoms with van der Waals surface area (Å²) in [6.45, 7) is 3.52. The SMILES string of the molecule is Cc1cc(C)c([N+](=O)[O-])cc1Oc1ccc(CCl)cc1Cl. The molecule has 4 nitrogen and oxygen atoms in total. The number of benzene rings is 2. The van der Waals surface area contributed by atoms with Crippen molar-refractivity contribution >= 4 is 28.9 Å². The fourth-order valence-corrected chi connectivity index (χ4v) is 2.36. The van der Waals surface area contributed by atoms with Crippen molar-refractivity contribution in [3.63, 3.8) is 0 Å². The Kier molecular flexibility index (Phi) is 4.70. The number of rotatable bonds is 4. The van der Waals surface area contributed by atoms with Gasteiger partial charge in [0.1, 0.15) is 11.5 Å². The Hall–Kier alpha value is -1.78. The largest absolute Gasteiger partial charge is 0.455 e. The maximum Gasteiger partial charge on any atom is 0.276 e. The maximum absolute atomic E-state index is 11.0. The van der Waals surface area contributed by atoms with Crippen molar-refractivity contribution in [2.24, 2.45) is 0 Å². The van der Waals surface area contributed by atoms with Gasteiger partial charge in [0.2, 0.25) is 0 Å². The Balaban J connectivity index is 2.39. The number of nitrogens with zero attached hydrogens (tertiary/aromatic N) is 1. The Labute approximate surface area is 132 Å². The third-order valence-electron chi connectivity index (χ3n) is 3.06. The summed E-state index contributed by atoms with van der Waals surface area (Å²) in [6.07, 6.45) is 0. The van der Waals surface area contributed by atoms with E-state index in [1.807, 2.05) is 6.92 Å². The van der Waals surface area contributed by atoms with E-state index in [-0.39, 0.29) is 5.69 Å². The first-order valence-corrected chi connectivity index (χ1v) is 7.11. The second-order valence-corrected chi connectivity index (χ2v) is 5.34. The lowest BCUT2D eigenvalue weighted by atomic mass is 10.1. The molecule has 0 aliphatic rings. The molecule has 0 bridgehead atoms. The minimum atomic E-state index is -0.431. The van der Waals surface area contributed by atoms with Gasteiger partial charge in [-0.15, -0.1) is 11.6 Å². The standard InChI is InChI=1S/C15H13Cl2NO3/c1-9-5-10(2)15(7-13(9)18(19)20)21-14-4-3-11(8-16)6-12(14)17/h3-7H,8H2,1-2H3. The normalized spacial score (nSPS) is 10.5. The fourth-order valence-electron chi connectivity index (χ4n) is 1.96. The van der Waals surface area contributed by atoms with Gasteiger partial charge in [-0.3, -0.25) is 10.1 Å². The number of nitro benzene ring substituents is 1. The predicted octanol–water partition coefficient (Wildman–Crippen LogP) is 5.40. The topological polar surface area (TPSA) is 52.4 Å². The highest BCUT2D eigenvalue weighted by molar-refractivity contribution is 6.32. The van der Waals surface area contributed by atoms with Crippen molar-refractivity contribution in [3.05, 3.63) is 62.2 Å². The summed E-state index contributed by atoms with van der Waals surface area (Å²) in [5.74, 6) is 1.20. The molecular formula is C15H13Cl2NO3. The van der Waals surface area contributed by atoms with Gasteiger partial charge in [0.05, 0.1) is 16.0 Å². The van der Waals surface area contributed by atoms with Gasteiger partial charge in [-0.1, -0.05) is 17.7 Å². The van der Waals surface area contributed by atoms with E-state index >= 15 is 0 Å². The number of halogens is 2. The van der Waals surface area contributed by atoms with Gasteiger partial charge in [-0.05, 0) is 43.2 Å². The average Bonchev–Trinajstić information content (AvgIpc) is 2.43. The zero-order valence-corrected chi connectivity index (χ0v) is 13.0. The van der Waals surface area contributed by atoms with Crippen LogP contribution in [0.25, 0.3) is 0 Å². The summed E-state index contributed by atoms with van der Waals surface area (Å²) in [4.78, 5) is 10.6. The molecule has 0 aromatic heterocycles. The van der Waals surface area contributed by atoms with Crippen molar-refractivity contribution in [1.82, 2.24) is 0 Å². The molecule has 0 N–H and O–H groups in total. The lowest BCUT2D eigenvalue weighted by Crippen LogP contribution is -1.96. The number of nitro groups is 1. The Bertz CT molecular complexity index is 702. The van der Waals surface area contributed by atoms with Crippen LogP contribution in [-0.2, 0) is 5.88 Å². The van der Waals surface area contributed by atoms with Crippen molar-refractivity contribution < 1.29 is 9.66 Å². The highest BCUT2D eigenvalue weighted by atomic mass is 35.5. The van der Waals surface area contributed by atoms with E-state index in [2.05, 4.69) is 0 Å². The van der Waals surface area contributed by atoms with Gasteiger partial charge in [-0.2, -0.15) is 0 Å². The molecule has 0 unspecified atom stereocenters. The summed E-state index contributed by atoms with van der Waals surface area (Å²) >= 11 is 11.9. The first-order valence-electron chi connectivity index (χ1n) is 6.20. The third-order valence-corrected chi connectivity index (χ3v) is 3.66. The Morgan fingerprint density at radius 2 is 1.86 bits per heavy atom. The smallest absolute Gasteiger partial charge is 0.276 e. The van der Waals surface area contributed by atoms with Crippen LogP contribution in [-0.4, -0.2) is 4.92 Å². The highest BCUT2D eigenvalue weighted by Gasteiger charge is 2.15. The third kappa shape index (κ3) is 3.46. The van der Waals surface area contributed by atoms with E-state index in [1.54, 1.807) is 31.2 Å². The van der Waals surface area contributed by atoms with E-state index in [9.17, 15) is 10.1 Å². The van der Waals surface area contributed by atoms with Gasteiger partial charge in [-0.25, -0.2) is 0 Å². The van der Waals surface area contributed by atoms with E-state index in [0.717, 1.165) is 11.1 Å². The molecule has 21 heavy (non-hydrogen) atoms. The van der Waals surface area contributed by atoms with Crippen LogP contribution >= 0.6 is 23.2 Å². The van der Waals surface area contributed by atoms with Crippen LogP contribution in [0, 0.1) is 24.0 Å². The number of hydrogen-bond acceptors (Lipinski definition) is 3. The molecule has 0 heterocycles. The molecule has 2 rings (SSSR count). The average molecular weight is 326 g/mol. The summed E-state index contributed by atoms with van der Waals surface area (Å²) in [7, 11) is 0. The quantitative estimate of drug-likeness (QED) is 0.430. The summed E-state index contributed by atoms with van der Waals surface area (Å²) in [6, 6.07) is 8.34. The molecule has 2 aromatic carbocycles. The molecule has 0 amide bonds. The lowest BCUT2D eigenvalue weighted by molar-refractivity contribution is -0.385. The second kappa shape index (κ2) is 6.33. The summed E-state index contributed by atoms with van der Waals surface area (Å²) in [5, 5.41) is 11.4. The van der Waals surface area contributed by atoms with Crippen molar-refractivity contribution in [1.29, 1.82) is 0 Å². The molecule has 110 valence electrons. The van der Waals surface area contributed by atoms with Crippen LogP contribution in [0.2, 0.25) is 5.02 Å². The Morgan fingerprint density at radius 1 is 1.14 bits per heavy atom. The number of ether oxygens (including phenoxy) is 1.